The van der Waals surface area contributed by atoms with Crippen LogP contribution in [0.15, 0.2) is 0 Å². The van der Waals surface area contributed by atoms with E-state index in [0.717, 1.165) is 35.9 Å². The Labute approximate surface area is 100 Å². The maximum absolute atomic E-state index is 10.2. The number of aromatic amines is 1. The molecule has 1 saturated heterocycles. The lowest BCUT2D eigenvalue weighted by Gasteiger charge is -2.21. The largest absolute Gasteiger partial charge is 0.388 e. The fraction of sp³-hybridized carbons (Fsp3) is 0.727. The Morgan fingerprint density at radius 2 is 2.38 bits per heavy atom. The summed E-state index contributed by atoms with van der Waals surface area (Å²) in [7, 11) is 0. The summed E-state index contributed by atoms with van der Waals surface area (Å²) in [5.41, 5.74) is 2.86. The van der Waals surface area contributed by atoms with Crippen LogP contribution in [0.4, 0.5) is 0 Å². The fourth-order valence-corrected chi connectivity index (χ4v) is 3.29. The molecule has 0 radical (unpaired) electrons. The maximum Gasteiger partial charge on any atom is 0.0869 e. The Bertz CT molecular complexity index is 339. The third kappa shape index (κ3) is 2.59. The highest BCUT2D eigenvalue weighted by molar-refractivity contribution is 7.99. The van der Waals surface area contributed by atoms with Crippen LogP contribution < -0.4 is 5.32 Å². The second-order valence-corrected chi connectivity index (χ2v) is 5.65. The van der Waals surface area contributed by atoms with Crippen molar-refractivity contribution in [3.63, 3.8) is 0 Å². The molecule has 1 aromatic rings. The molecule has 1 unspecified atom stereocenters. The van der Waals surface area contributed by atoms with Crippen molar-refractivity contribution in [2.24, 2.45) is 0 Å². The molecule has 1 aliphatic heterocycles. The Hall–Kier alpha value is -0.520. The Kier molecular flexibility index (Phi) is 3.56. The number of aliphatic hydroxyl groups is 1. The van der Waals surface area contributed by atoms with Gasteiger partial charge in [-0.05, 0) is 26.0 Å². The van der Waals surface area contributed by atoms with Gasteiger partial charge in [-0.25, -0.2) is 0 Å². The van der Waals surface area contributed by atoms with Crippen molar-refractivity contribution in [2.75, 3.05) is 18.1 Å². The summed E-state index contributed by atoms with van der Waals surface area (Å²) in [6, 6.07) is 0. The van der Waals surface area contributed by atoms with Gasteiger partial charge in [0.2, 0.25) is 0 Å². The molecule has 3 N–H and O–H groups in total. The van der Waals surface area contributed by atoms with E-state index in [9.17, 15) is 5.11 Å². The minimum absolute atomic E-state index is 0.504. The highest BCUT2D eigenvalue weighted by atomic mass is 32.2. The molecule has 0 aromatic carbocycles. The summed E-state index contributed by atoms with van der Waals surface area (Å²) in [6.07, 6.45) is 0.897. The van der Waals surface area contributed by atoms with Gasteiger partial charge < -0.3 is 10.4 Å². The van der Waals surface area contributed by atoms with Crippen molar-refractivity contribution >= 4 is 11.8 Å². The lowest BCUT2D eigenvalue weighted by Crippen LogP contribution is -2.40. The van der Waals surface area contributed by atoms with E-state index in [-0.39, 0.29) is 0 Å². The number of aromatic nitrogens is 2. The zero-order chi connectivity index (χ0) is 11.6. The van der Waals surface area contributed by atoms with E-state index in [0.29, 0.717) is 6.54 Å². The van der Waals surface area contributed by atoms with Crippen molar-refractivity contribution in [3.8, 4) is 0 Å². The molecular formula is C11H19N3OS. The number of hydrogen-bond donors (Lipinski definition) is 3. The van der Waals surface area contributed by atoms with E-state index in [1.807, 2.05) is 25.6 Å². The number of aryl methyl sites for hydroxylation is 2. The van der Waals surface area contributed by atoms with Gasteiger partial charge in [0, 0.05) is 30.1 Å². The normalized spacial score (nSPS) is 25.2. The molecule has 4 nitrogen and oxygen atoms in total. The lowest BCUT2D eigenvalue weighted by molar-refractivity contribution is 0.0674. The van der Waals surface area contributed by atoms with Crippen molar-refractivity contribution < 1.29 is 5.11 Å². The van der Waals surface area contributed by atoms with Crippen LogP contribution in [0.25, 0.3) is 0 Å². The minimum Gasteiger partial charge on any atom is -0.388 e. The number of thioether (sulfide) groups is 1. The van der Waals surface area contributed by atoms with Gasteiger partial charge in [-0.15, -0.1) is 0 Å². The zero-order valence-electron chi connectivity index (χ0n) is 9.84. The van der Waals surface area contributed by atoms with Crippen molar-refractivity contribution in [2.45, 2.75) is 32.4 Å². The number of nitrogens with zero attached hydrogens (tertiary/aromatic N) is 1. The molecule has 16 heavy (non-hydrogen) atoms. The van der Waals surface area contributed by atoms with E-state index in [4.69, 9.17) is 0 Å². The van der Waals surface area contributed by atoms with Crippen LogP contribution in [0.5, 0.6) is 0 Å². The summed E-state index contributed by atoms with van der Waals surface area (Å²) in [5, 5.41) is 20.6. The van der Waals surface area contributed by atoms with Crippen LogP contribution in [-0.4, -0.2) is 39.0 Å². The highest BCUT2D eigenvalue weighted by Gasteiger charge is 2.31. The summed E-state index contributed by atoms with van der Waals surface area (Å²) in [5.74, 6) is 1.92. The summed E-state index contributed by atoms with van der Waals surface area (Å²) in [6.45, 7) is 5.48. The molecule has 2 heterocycles. The average molecular weight is 241 g/mol. The topological polar surface area (TPSA) is 60.9 Å². The Morgan fingerprint density at radius 3 is 2.94 bits per heavy atom. The molecular weight excluding hydrogens is 222 g/mol. The van der Waals surface area contributed by atoms with Gasteiger partial charge in [0.1, 0.15) is 0 Å². The molecule has 0 aliphatic carbocycles. The summed E-state index contributed by atoms with van der Waals surface area (Å²) >= 11 is 1.83. The predicted molar refractivity (Wildman–Crippen MR) is 66.7 cm³/mol. The zero-order valence-corrected chi connectivity index (χ0v) is 10.7. The van der Waals surface area contributed by atoms with Crippen molar-refractivity contribution in [1.82, 2.24) is 15.5 Å². The number of hydrogen-bond acceptors (Lipinski definition) is 4. The number of H-pyrrole nitrogens is 1. The van der Waals surface area contributed by atoms with Crippen molar-refractivity contribution in [1.29, 1.82) is 0 Å². The van der Waals surface area contributed by atoms with Gasteiger partial charge >= 0.3 is 0 Å². The number of rotatable bonds is 4. The molecule has 0 saturated carbocycles. The Balaban J connectivity index is 1.84. The average Bonchev–Trinajstić information content (AvgIpc) is 2.79. The molecule has 90 valence electrons. The minimum atomic E-state index is -0.504. The van der Waals surface area contributed by atoms with Gasteiger partial charge in [0.25, 0.3) is 0 Å². The second-order valence-electron chi connectivity index (χ2n) is 4.54. The Morgan fingerprint density at radius 1 is 1.56 bits per heavy atom. The van der Waals surface area contributed by atoms with Gasteiger partial charge in [0.15, 0.2) is 0 Å². The van der Waals surface area contributed by atoms with E-state index in [1.165, 1.54) is 5.56 Å². The maximum atomic E-state index is 10.2. The highest BCUT2D eigenvalue weighted by Crippen LogP contribution is 2.27. The first-order valence-electron chi connectivity index (χ1n) is 5.62. The smallest absolute Gasteiger partial charge is 0.0869 e. The third-order valence-electron chi connectivity index (χ3n) is 3.12. The fourth-order valence-electron chi connectivity index (χ4n) is 1.99. The first-order valence-corrected chi connectivity index (χ1v) is 6.77. The first-order chi connectivity index (χ1) is 7.61. The third-order valence-corrected chi connectivity index (χ3v) is 4.35. The molecule has 1 aromatic heterocycles. The lowest BCUT2D eigenvalue weighted by atomic mass is 10.0. The standard InChI is InChI=1S/C11H19N3OS/c1-8-10(9(2)14-13-8)5-12-6-11(15)3-4-16-7-11/h12,15H,3-7H2,1-2H3,(H,13,14). The van der Waals surface area contributed by atoms with Crippen LogP contribution in [-0.2, 0) is 6.54 Å². The molecule has 5 heteroatoms. The van der Waals surface area contributed by atoms with Gasteiger partial charge in [0.05, 0.1) is 11.3 Å². The van der Waals surface area contributed by atoms with Crippen LogP contribution in [0, 0.1) is 13.8 Å². The van der Waals surface area contributed by atoms with E-state index >= 15 is 0 Å². The van der Waals surface area contributed by atoms with Gasteiger partial charge in [-0.3, -0.25) is 5.10 Å². The van der Waals surface area contributed by atoms with Crippen LogP contribution in [0.2, 0.25) is 0 Å². The first kappa shape index (κ1) is 12.0. The summed E-state index contributed by atoms with van der Waals surface area (Å²) < 4.78 is 0. The SMILES string of the molecule is Cc1n[nH]c(C)c1CNCC1(O)CCSC1. The molecule has 1 fully saturated rings. The van der Waals surface area contributed by atoms with Crippen LogP contribution in [0.3, 0.4) is 0 Å². The molecule has 1 aliphatic rings. The monoisotopic (exact) mass is 241 g/mol. The van der Waals surface area contributed by atoms with E-state index in [2.05, 4.69) is 15.5 Å². The predicted octanol–water partition coefficient (Wildman–Crippen LogP) is 0.984. The molecule has 0 amide bonds. The molecule has 0 spiro atoms. The number of nitrogens with one attached hydrogen (secondary N) is 2. The van der Waals surface area contributed by atoms with E-state index < -0.39 is 5.60 Å². The second kappa shape index (κ2) is 4.77. The van der Waals surface area contributed by atoms with Crippen LogP contribution >= 0.6 is 11.8 Å². The van der Waals surface area contributed by atoms with Crippen molar-refractivity contribution in [3.05, 3.63) is 17.0 Å². The molecule has 0 bridgehead atoms. The quantitative estimate of drug-likeness (QED) is 0.735. The van der Waals surface area contributed by atoms with E-state index in [1.54, 1.807) is 0 Å². The van der Waals surface area contributed by atoms with Crippen LogP contribution in [0.1, 0.15) is 23.4 Å². The summed E-state index contributed by atoms with van der Waals surface area (Å²) in [4.78, 5) is 0. The molecule has 2 rings (SSSR count). The van der Waals surface area contributed by atoms with Gasteiger partial charge in [-0.1, -0.05) is 0 Å². The van der Waals surface area contributed by atoms with Gasteiger partial charge in [-0.2, -0.15) is 16.9 Å². The molecule has 1 atom stereocenters.